The lowest BCUT2D eigenvalue weighted by atomic mass is 9.93. The fraction of sp³-hybridized carbons (Fsp3) is 0.533. The molecule has 1 saturated heterocycles. The van der Waals surface area contributed by atoms with Crippen LogP contribution in [-0.2, 0) is 0 Å². The van der Waals surface area contributed by atoms with Crippen LogP contribution < -0.4 is 19.7 Å². The van der Waals surface area contributed by atoms with E-state index in [0.717, 1.165) is 49.5 Å². The van der Waals surface area contributed by atoms with Crippen LogP contribution in [0.2, 0.25) is 0 Å². The first kappa shape index (κ1) is 29.6. The number of anilines is 2. The van der Waals surface area contributed by atoms with Crippen LogP contribution in [0, 0.1) is 11.3 Å². The molecule has 1 amide bonds. The number of aromatic nitrogens is 4. The zero-order valence-electron chi connectivity index (χ0n) is 24.3. The van der Waals surface area contributed by atoms with Gasteiger partial charge in [0.05, 0.1) is 17.6 Å². The van der Waals surface area contributed by atoms with Gasteiger partial charge in [-0.15, -0.1) is 5.10 Å². The van der Waals surface area contributed by atoms with Gasteiger partial charge in [-0.3, -0.25) is 9.52 Å². The van der Waals surface area contributed by atoms with Crippen molar-refractivity contribution in [3.8, 4) is 11.7 Å². The number of nitrogens with one attached hydrogen (secondary N) is 2. The summed E-state index contributed by atoms with van der Waals surface area (Å²) in [7, 11) is 0. The van der Waals surface area contributed by atoms with Crippen LogP contribution >= 0.6 is 11.9 Å². The average Bonchev–Trinajstić information content (AvgIpc) is 3.52. The van der Waals surface area contributed by atoms with Crippen LogP contribution in [0.25, 0.3) is 5.82 Å². The number of hydrogen-bond donors (Lipinski definition) is 2. The van der Waals surface area contributed by atoms with Crippen LogP contribution in [0.15, 0.2) is 47.6 Å². The molecule has 230 valence electrons. The van der Waals surface area contributed by atoms with E-state index in [0.29, 0.717) is 23.1 Å². The quantitative estimate of drug-likeness (QED) is 0.318. The summed E-state index contributed by atoms with van der Waals surface area (Å²) >= 11 is 1.20. The Bertz CT molecular complexity index is 1460. The smallest absolute Gasteiger partial charge is 0.394 e. The van der Waals surface area contributed by atoms with E-state index in [9.17, 15) is 18.0 Å². The minimum absolute atomic E-state index is 0.0658. The molecule has 6 heterocycles. The van der Waals surface area contributed by atoms with Crippen molar-refractivity contribution >= 4 is 29.5 Å². The van der Waals surface area contributed by atoms with Gasteiger partial charge < -0.3 is 15.0 Å². The molecule has 13 heteroatoms. The third-order valence-electron chi connectivity index (χ3n) is 8.75. The fourth-order valence-electron chi connectivity index (χ4n) is 6.07. The summed E-state index contributed by atoms with van der Waals surface area (Å²) in [5, 5.41) is 7.79. The van der Waals surface area contributed by atoms with Gasteiger partial charge in [0.2, 0.25) is 5.88 Å². The molecule has 0 radical (unpaired) electrons. The van der Waals surface area contributed by atoms with E-state index in [1.165, 1.54) is 16.6 Å². The number of carbonyl (C=O) groups excluding carboxylic acids is 1. The van der Waals surface area contributed by atoms with E-state index in [1.54, 1.807) is 30.6 Å². The molecule has 7 rings (SSSR count). The number of ether oxygens (including phenoxy) is 1. The van der Waals surface area contributed by atoms with Crippen molar-refractivity contribution in [1.29, 1.82) is 0 Å². The molecule has 1 unspecified atom stereocenters. The van der Waals surface area contributed by atoms with Crippen LogP contribution in [-0.4, -0.2) is 57.1 Å². The van der Waals surface area contributed by atoms with Crippen molar-refractivity contribution in [2.45, 2.75) is 75.4 Å². The van der Waals surface area contributed by atoms with Gasteiger partial charge in [-0.05, 0) is 94.5 Å². The van der Waals surface area contributed by atoms with Crippen molar-refractivity contribution < 1.29 is 22.7 Å². The van der Waals surface area contributed by atoms with E-state index >= 15 is 0 Å². The average molecular weight is 616 g/mol. The molecule has 3 aliphatic heterocycles. The van der Waals surface area contributed by atoms with E-state index in [1.807, 2.05) is 12.1 Å². The molecular formula is C30H36F3N7O2S. The Morgan fingerprint density at radius 3 is 2.72 bits per heavy atom. The van der Waals surface area contributed by atoms with E-state index in [-0.39, 0.29) is 43.2 Å². The number of amides is 1. The maximum atomic E-state index is 13.5. The number of nitrogens with zero attached hydrogens (tertiary/aromatic N) is 5. The number of rotatable bonds is 5. The standard InChI is InChI=1S/C30H36F3N7O2S/c1-28(2)17-20-5-3-4-14-34-23-8-6-21(18-35-23)43-38-27(41)22-7-9-24(36-26(22)39(28)19-20)40-15-10-25(37-40)42-16-13-29(11-12-29)30(31,32)33/h6-10,15,18,20H,3-5,11-14,16-17,19H2,1-2H3,(H,34,35)(H,38,41). The van der Waals surface area contributed by atoms with Gasteiger partial charge >= 0.3 is 6.18 Å². The lowest BCUT2D eigenvalue weighted by molar-refractivity contribution is -0.190. The van der Waals surface area contributed by atoms with E-state index in [2.05, 4.69) is 38.9 Å². The normalized spacial score (nSPS) is 21.5. The number of fused-ring (bicyclic) bond motifs is 8. The van der Waals surface area contributed by atoms with Crippen molar-refractivity contribution in [2.75, 3.05) is 29.9 Å². The molecule has 0 spiro atoms. The molecule has 4 bridgehead atoms. The Balaban J connectivity index is 1.25. The molecule has 2 fully saturated rings. The molecule has 4 aliphatic rings. The third kappa shape index (κ3) is 6.41. The Labute approximate surface area is 253 Å². The molecular weight excluding hydrogens is 579 g/mol. The molecule has 3 aromatic heterocycles. The van der Waals surface area contributed by atoms with Crippen LogP contribution in [0.5, 0.6) is 5.88 Å². The first-order chi connectivity index (χ1) is 20.5. The largest absolute Gasteiger partial charge is 0.477 e. The number of halogens is 3. The molecule has 1 aliphatic carbocycles. The molecule has 3 aromatic rings. The second-order valence-corrected chi connectivity index (χ2v) is 13.2. The summed E-state index contributed by atoms with van der Waals surface area (Å²) < 4.78 is 49.9. The zero-order chi connectivity index (χ0) is 30.2. The highest BCUT2D eigenvalue weighted by atomic mass is 32.2. The Kier molecular flexibility index (Phi) is 7.95. The predicted octanol–water partition coefficient (Wildman–Crippen LogP) is 6.41. The number of hydrogen-bond acceptors (Lipinski definition) is 8. The van der Waals surface area contributed by atoms with Gasteiger partial charge in [0.1, 0.15) is 11.6 Å². The summed E-state index contributed by atoms with van der Waals surface area (Å²) in [5.41, 5.74) is -1.39. The van der Waals surface area contributed by atoms with Gasteiger partial charge in [-0.25, -0.2) is 14.6 Å². The first-order valence-electron chi connectivity index (χ1n) is 14.7. The van der Waals surface area contributed by atoms with Gasteiger partial charge in [-0.1, -0.05) is 6.42 Å². The third-order valence-corrected chi connectivity index (χ3v) is 9.51. The maximum Gasteiger partial charge on any atom is 0.394 e. The molecule has 43 heavy (non-hydrogen) atoms. The van der Waals surface area contributed by atoms with Crippen LogP contribution in [0.1, 0.15) is 69.2 Å². The lowest BCUT2D eigenvalue weighted by Crippen LogP contribution is -2.40. The van der Waals surface area contributed by atoms with Gasteiger partial charge in [0.15, 0.2) is 5.82 Å². The van der Waals surface area contributed by atoms with Crippen molar-refractivity contribution in [2.24, 2.45) is 11.3 Å². The molecule has 9 nitrogen and oxygen atoms in total. The van der Waals surface area contributed by atoms with E-state index in [4.69, 9.17) is 9.72 Å². The summed E-state index contributed by atoms with van der Waals surface area (Å²) in [6.07, 6.45) is 3.55. The second kappa shape index (κ2) is 11.5. The summed E-state index contributed by atoms with van der Waals surface area (Å²) in [6, 6.07) is 8.90. The molecule has 1 atom stereocenters. The number of pyridine rings is 2. The Morgan fingerprint density at radius 1 is 1.14 bits per heavy atom. The molecule has 1 saturated carbocycles. The molecule has 0 aromatic carbocycles. The maximum absolute atomic E-state index is 13.5. The van der Waals surface area contributed by atoms with Crippen molar-refractivity contribution in [3.05, 3.63) is 48.3 Å². The Morgan fingerprint density at radius 2 is 1.98 bits per heavy atom. The fourth-order valence-corrected chi connectivity index (χ4v) is 6.63. The van der Waals surface area contributed by atoms with Gasteiger partial charge in [0, 0.05) is 42.0 Å². The van der Waals surface area contributed by atoms with E-state index < -0.39 is 11.6 Å². The highest BCUT2D eigenvalue weighted by Gasteiger charge is 2.62. The van der Waals surface area contributed by atoms with Crippen molar-refractivity contribution in [1.82, 2.24) is 24.5 Å². The van der Waals surface area contributed by atoms with Crippen LogP contribution in [0.4, 0.5) is 24.8 Å². The van der Waals surface area contributed by atoms with Crippen molar-refractivity contribution in [3.63, 3.8) is 0 Å². The summed E-state index contributed by atoms with van der Waals surface area (Å²) in [4.78, 5) is 25.9. The highest BCUT2D eigenvalue weighted by molar-refractivity contribution is 7.98. The van der Waals surface area contributed by atoms with Crippen LogP contribution in [0.3, 0.4) is 0 Å². The lowest BCUT2D eigenvalue weighted by Gasteiger charge is -2.34. The van der Waals surface area contributed by atoms with Gasteiger partial charge in [0.25, 0.3) is 5.91 Å². The second-order valence-electron chi connectivity index (χ2n) is 12.3. The molecule has 2 N–H and O–H groups in total. The first-order valence-corrected chi connectivity index (χ1v) is 15.6. The topological polar surface area (TPSA) is 97.2 Å². The summed E-state index contributed by atoms with van der Waals surface area (Å²) in [6.45, 7) is 5.92. The SMILES string of the molecule is CC1(C)CC2CCCCNc3ccc(cn3)SNC(=O)c3ccc(-n4ccc(OCCC5(C(F)(F)F)CC5)n4)nc3N1C2. The predicted molar refractivity (Wildman–Crippen MR) is 159 cm³/mol. The monoisotopic (exact) mass is 615 g/mol. The number of carbonyl (C=O) groups is 1. The summed E-state index contributed by atoms with van der Waals surface area (Å²) in [5.74, 6) is 2.28. The minimum atomic E-state index is -4.21. The Hall–Kier alpha value is -3.48. The van der Waals surface area contributed by atoms with Gasteiger partial charge in [-0.2, -0.15) is 13.2 Å². The number of alkyl halides is 3. The minimum Gasteiger partial charge on any atom is -0.477 e. The highest BCUT2D eigenvalue weighted by Crippen LogP contribution is 2.59. The zero-order valence-corrected chi connectivity index (χ0v) is 25.1.